The third-order valence-corrected chi connectivity index (χ3v) is 7.48. The van der Waals surface area contributed by atoms with Gasteiger partial charge < -0.3 is 15.0 Å². The molecule has 3 heterocycles. The Morgan fingerprint density at radius 2 is 2.17 bits per heavy atom. The molecule has 0 spiro atoms. The van der Waals surface area contributed by atoms with Crippen LogP contribution in [0.3, 0.4) is 0 Å². The van der Waals surface area contributed by atoms with Crippen LogP contribution in [0.15, 0.2) is 4.79 Å². The molecule has 2 aliphatic rings. The predicted molar refractivity (Wildman–Crippen MR) is 116 cm³/mol. The van der Waals surface area contributed by atoms with Crippen molar-refractivity contribution in [3.05, 3.63) is 26.6 Å². The topological polar surface area (TPSA) is 84.1 Å². The van der Waals surface area contributed by atoms with Crippen LogP contribution in [-0.2, 0) is 28.8 Å². The highest BCUT2D eigenvalue weighted by atomic mass is 32.1. The summed E-state index contributed by atoms with van der Waals surface area (Å²) in [5.41, 5.74) is 1.41. The van der Waals surface area contributed by atoms with Gasteiger partial charge in [-0.15, -0.1) is 11.3 Å². The Kier molecular flexibility index (Phi) is 5.80. The summed E-state index contributed by atoms with van der Waals surface area (Å²) < 4.78 is 5.53. The van der Waals surface area contributed by atoms with Crippen LogP contribution in [0.1, 0.15) is 62.7 Å². The van der Waals surface area contributed by atoms with E-state index in [9.17, 15) is 9.59 Å². The van der Waals surface area contributed by atoms with E-state index in [1.165, 1.54) is 10.4 Å². The van der Waals surface area contributed by atoms with Gasteiger partial charge in [-0.3, -0.25) is 9.59 Å². The van der Waals surface area contributed by atoms with E-state index in [4.69, 9.17) is 9.72 Å². The number of carbonyl (C=O) groups excluding carboxylic acids is 1. The maximum Gasteiger partial charge on any atom is 0.259 e. The summed E-state index contributed by atoms with van der Waals surface area (Å²) in [7, 11) is 0. The largest absolute Gasteiger partial charge is 0.376 e. The standard InChI is InChI=1S/C22H31N3O3S/c1-22(2,3)13-6-7-15-16(11-13)29-21-19(15)20(27)24-17(25-21)8-9-18(26)23-12-14-5-4-10-28-14/h13-14H,4-12H2,1-3H3,(H,23,26)(H,24,25,27)/t13-,14-/m0/s1. The van der Waals surface area contributed by atoms with E-state index in [0.717, 1.165) is 48.9 Å². The summed E-state index contributed by atoms with van der Waals surface area (Å²) in [6.45, 7) is 8.23. The van der Waals surface area contributed by atoms with Gasteiger partial charge in [-0.2, -0.15) is 0 Å². The molecule has 0 bridgehead atoms. The van der Waals surface area contributed by atoms with Crippen molar-refractivity contribution in [1.29, 1.82) is 0 Å². The lowest BCUT2D eigenvalue weighted by molar-refractivity contribution is -0.121. The minimum atomic E-state index is -0.0588. The number of aryl methyl sites for hydroxylation is 2. The average molecular weight is 418 g/mol. The molecular formula is C22H31N3O3S. The van der Waals surface area contributed by atoms with Gasteiger partial charge in [0.2, 0.25) is 5.91 Å². The molecular weight excluding hydrogens is 386 g/mol. The molecule has 2 aromatic heterocycles. The number of fused-ring (bicyclic) bond motifs is 3. The highest BCUT2D eigenvalue weighted by Crippen LogP contribution is 2.41. The van der Waals surface area contributed by atoms with Crippen molar-refractivity contribution in [2.45, 2.75) is 71.8 Å². The van der Waals surface area contributed by atoms with E-state index in [1.54, 1.807) is 11.3 Å². The predicted octanol–water partition coefficient (Wildman–Crippen LogP) is 3.36. The molecule has 2 N–H and O–H groups in total. The summed E-state index contributed by atoms with van der Waals surface area (Å²) >= 11 is 1.66. The van der Waals surface area contributed by atoms with Gasteiger partial charge in [-0.1, -0.05) is 20.8 Å². The third-order valence-electron chi connectivity index (χ3n) is 6.33. The Balaban J connectivity index is 1.44. The first-order valence-corrected chi connectivity index (χ1v) is 11.5. The van der Waals surface area contributed by atoms with Crippen molar-refractivity contribution in [2.75, 3.05) is 13.2 Å². The minimum Gasteiger partial charge on any atom is -0.376 e. The first kappa shape index (κ1) is 20.5. The molecule has 6 nitrogen and oxygen atoms in total. The van der Waals surface area contributed by atoms with Gasteiger partial charge in [0.05, 0.1) is 11.5 Å². The average Bonchev–Trinajstić information content (AvgIpc) is 3.30. The molecule has 0 saturated carbocycles. The Labute approximate surface area is 175 Å². The summed E-state index contributed by atoms with van der Waals surface area (Å²) in [6, 6.07) is 0. The quantitative estimate of drug-likeness (QED) is 0.781. The second-order valence-corrected chi connectivity index (χ2v) is 10.5. The van der Waals surface area contributed by atoms with Gasteiger partial charge in [0.25, 0.3) is 5.56 Å². The fourth-order valence-corrected chi connectivity index (χ4v) is 5.76. The Hall–Kier alpha value is -1.73. The second kappa shape index (κ2) is 8.19. The fourth-order valence-electron chi connectivity index (χ4n) is 4.44. The van der Waals surface area contributed by atoms with Crippen molar-refractivity contribution in [3.63, 3.8) is 0 Å². The lowest BCUT2D eigenvalue weighted by atomic mass is 9.72. The molecule has 0 unspecified atom stereocenters. The van der Waals surface area contributed by atoms with Gasteiger partial charge in [0, 0.05) is 30.9 Å². The molecule has 1 saturated heterocycles. The van der Waals surface area contributed by atoms with Crippen LogP contribution in [0.2, 0.25) is 0 Å². The van der Waals surface area contributed by atoms with E-state index in [-0.39, 0.29) is 23.0 Å². The summed E-state index contributed by atoms with van der Waals surface area (Å²) in [6.07, 6.45) is 6.07. The zero-order valence-electron chi connectivity index (χ0n) is 17.6. The number of hydrogen-bond donors (Lipinski definition) is 2. The normalized spacial score (nSPS) is 22.0. The Morgan fingerprint density at radius 3 is 2.90 bits per heavy atom. The molecule has 29 heavy (non-hydrogen) atoms. The highest BCUT2D eigenvalue weighted by molar-refractivity contribution is 7.18. The number of ether oxygens (including phenoxy) is 1. The number of amides is 1. The van der Waals surface area contributed by atoms with Gasteiger partial charge in [0.15, 0.2) is 0 Å². The molecule has 4 rings (SSSR count). The number of nitrogens with one attached hydrogen (secondary N) is 2. The summed E-state index contributed by atoms with van der Waals surface area (Å²) in [5.74, 6) is 1.21. The van der Waals surface area contributed by atoms with Crippen molar-refractivity contribution >= 4 is 27.5 Å². The molecule has 158 valence electrons. The Bertz CT molecular complexity index is 951. The molecule has 0 radical (unpaired) electrons. The van der Waals surface area contributed by atoms with Gasteiger partial charge in [-0.25, -0.2) is 4.98 Å². The second-order valence-electron chi connectivity index (χ2n) is 9.44. The molecule has 1 aliphatic heterocycles. The van der Waals surface area contributed by atoms with Crippen molar-refractivity contribution in [2.24, 2.45) is 11.3 Å². The van der Waals surface area contributed by atoms with Crippen LogP contribution < -0.4 is 10.9 Å². The minimum absolute atomic E-state index is 0.0262. The molecule has 1 fully saturated rings. The zero-order chi connectivity index (χ0) is 20.6. The van der Waals surface area contributed by atoms with E-state index < -0.39 is 0 Å². The maximum atomic E-state index is 12.7. The van der Waals surface area contributed by atoms with Crippen LogP contribution in [-0.4, -0.2) is 35.1 Å². The Morgan fingerprint density at radius 1 is 1.34 bits per heavy atom. The first-order chi connectivity index (χ1) is 13.8. The van der Waals surface area contributed by atoms with Gasteiger partial charge in [-0.05, 0) is 49.0 Å². The number of hydrogen-bond acceptors (Lipinski definition) is 5. The van der Waals surface area contributed by atoms with E-state index in [1.807, 2.05) is 0 Å². The SMILES string of the molecule is CC(C)(C)[C@H]1CCc2c(sc3nc(CCC(=O)NC[C@@H]4CCCO4)[nH]c(=O)c23)C1. The smallest absolute Gasteiger partial charge is 0.259 e. The third kappa shape index (κ3) is 4.56. The molecule has 1 aliphatic carbocycles. The summed E-state index contributed by atoms with van der Waals surface area (Å²) in [5, 5.41) is 3.69. The van der Waals surface area contributed by atoms with Crippen molar-refractivity contribution in [1.82, 2.24) is 15.3 Å². The number of H-pyrrole nitrogens is 1. The molecule has 7 heteroatoms. The van der Waals surface area contributed by atoms with Crippen LogP contribution in [0, 0.1) is 11.3 Å². The van der Waals surface area contributed by atoms with Crippen molar-refractivity contribution < 1.29 is 9.53 Å². The molecule has 2 aromatic rings. The highest BCUT2D eigenvalue weighted by Gasteiger charge is 2.31. The molecule has 1 amide bonds. The molecule has 2 atom stereocenters. The van der Waals surface area contributed by atoms with Crippen LogP contribution >= 0.6 is 11.3 Å². The lowest BCUT2D eigenvalue weighted by Crippen LogP contribution is -2.32. The number of rotatable bonds is 5. The van der Waals surface area contributed by atoms with Gasteiger partial charge in [0.1, 0.15) is 10.7 Å². The van der Waals surface area contributed by atoms with Crippen LogP contribution in [0.4, 0.5) is 0 Å². The number of thiophene rings is 1. The number of aromatic nitrogens is 2. The maximum absolute atomic E-state index is 12.7. The monoisotopic (exact) mass is 417 g/mol. The summed E-state index contributed by atoms with van der Waals surface area (Å²) in [4.78, 5) is 34.6. The number of aromatic amines is 1. The fraction of sp³-hybridized carbons (Fsp3) is 0.682. The first-order valence-electron chi connectivity index (χ1n) is 10.7. The molecule has 0 aromatic carbocycles. The van der Waals surface area contributed by atoms with E-state index in [0.29, 0.717) is 31.1 Å². The number of nitrogens with zero attached hydrogens (tertiary/aromatic N) is 1. The number of carbonyl (C=O) groups is 1. The van der Waals surface area contributed by atoms with Crippen molar-refractivity contribution in [3.8, 4) is 0 Å². The van der Waals surface area contributed by atoms with E-state index >= 15 is 0 Å². The van der Waals surface area contributed by atoms with Crippen LogP contribution in [0.5, 0.6) is 0 Å². The lowest BCUT2D eigenvalue weighted by Gasteiger charge is -2.33. The zero-order valence-corrected chi connectivity index (χ0v) is 18.4. The van der Waals surface area contributed by atoms with E-state index in [2.05, 4.69) is 31.1 Å². The van der Waals surface area contributed by atoms with Gasteiger partial charge >= 0.3 is 0 Å². The van der Waals surface area contributed by atoms with Crippen LogP contribution in [0.25, 0.3) is 10.2 Å².